The molecule has 2 aliphatic carbocycles. The third kappa shape index (κ3) is 5.13. The van der Waals surface area contributed by atoms with Gasteiger partial charge in [0, 0.05) is 5.02 Å². The zero-order valence-electron chi connectivity index (χ0n) is 12.7. The number of benzene rings is 1. The van der Waals surface area contributed by atoms with Crippen LogP contribution in [-0.2, 0) is 19.1 Å². The highest BCUT2D eigenvalue weighted by atomic mass is 35.5. The Bertz CT molecular complexity index is 563. The number of rotatable bonds is 8. The molecule has 2 fully saturated rings. The number of hydrogen-bond donors (Lipinski definition) is 0. The van der Waals surface area contributed by atoms with Crippen molar-refractivity contribution >= 4 is 23.5 Å². The average molecular weight is 339 g/mol. The summed E-state index contributed by atoms with van der Waals surface area (Å²) in [7, 11) is 0. The molecular weight excluding hydrogens is 320 g/mol. The van der Waals surface area contributed by atoms with Gasteiger partial charge in [-0.15, -0.1) is 0 Å². The minimum atomic E-state index is -0.596. The van der Waals surface area contributed by atoms with Crippen LogP contribution in [0.25, 0.3) is 0 Å². The van der Waals surface area contributed by atoms with Gasteiger partial charge in [0.25, 0.3) is 0 Å². The molecule has 0 aromatic heterocycles. The summed E-state index contributed by atoms with van der Waals surface area (Å²) >= 11 is 5.82. The second-order valence-corrected chi connectivity index (χ2v) is 6.44. The predicted octanol–water partition coefficient (Wildman–Crippen LogP) is 2.99. The van der Waals surface area contributed by atoms with Crippen molar-refractivity contribution in [2.75, 3.05) is 13.2 Å². The van der Waals surface area contributed by atoms with E-state index in [2.05, 4.69) is 0 Å². The molecule has 1 aromatic rings. The lowest BCUT2D eigenvalue weighted by atomic mass is 10.3. The fourth-order valence-corrected chi connectivity index (χ4v) is 2.15. The van der Waals surface area contributed by atoms with Gasteiger partial charge in [-0.25, -0.2) is 0 Å². The van der Waals surface area contributed by atoms with E-state index < -0.39 is 6.10 Å². The minimum Gasteiger partial charge on any atom is -0.490 e. The molecule has 23 heavy (non-hydrogen) atoms. The molecule has 0 aliphatic heterocycles. The lowest BCUT2D eigenvalue weighted by Gasteiger charge is -2.18. The van der Waals surface area contributed by atoms with Gasteiger partial charge in [-0.3, -0.25) is 9.59 Å². The Morgan fingerprint density at radius 2 is 1.61 bits per heavy atom. The van der Waals surface area contributed by atoms with Gasteiger partial charge in [-0.2, -0.15) is 0 Å². The topological polar surface area (TPSA) is 61.8 Å². The minimum absolute atomic E-state index is 0.00725. The summed E-state index contributed by atoms with van der Waals surface area (Å²) in [6, 6.07) is 6.90. The first-order valence-electron chi connectivity index (χ1n) is 7.87. The summed E-state index contributed by atoms with van der Waals surface area (Å²) in [6.07, 6.45) is 2.90. The molecule has 0 N–H and O–H groups in total. The molecule has 0 saturated heterocycles. The molecule has 5 nitrogen and oxygen atoms in total. The maximum absolute atomic E-state index is 11.8. The van der Waals surface area contributed by atoms with Crippen molar-refractivity contribution in [2.45, 2.75) is 31.8 Å². The molecule has 1 aromatic carbocycles. The highest BCUT2D eigenvalue weighted by molar-refractivity contribution is 6.30. The summed E-state index contributed by atoms with van der Waals surface area (Å²) in [4.78, 5) is 23.5. The van der Waals surface area contributed by atoms with E-state index in [1.54, 1.807) is 24.3 Å². The van der Waals surface area contributed by atoms with Crippen molar-refractivity contribution in [3.8, 4) is 5.75 Å². The molecule has 0 heterocycles. The lowest BCUT2D eigenvalue weighted by Crippen LogP contribution is -2.31. The van der Waals surface area contributed by atoms with E-state index in [1.807, 2.05) is 0 Å². The molecule has 2 saturated carbocycles. The van der Waals surface area contributed by atoms with Crippen molar-refractivity contribution in [1.29, 1.82) is 0 Å². The van der Waals surface area contributed by atoms with Crippen molar-refractivity contribution < 1.29 is 23.8 Å². The maximum Gasteiger partial charge on any atom is 0.309 e. The van der Waals surface area contributed by atoms with E-state index in [4.69, 9.17) is 25.8 Å². The Labute approximate surface area is 139 Å². The van der Waals surface area contributed by atoms with Gasteiger partial charge in [0.15, 0.2) is 6.10 Å². The SMILES string of the molecule is O=C(OC[C@H](COc1ccc(Cl)cc1)OC(=O)C1CC1)C1CC1. The molecule has 0 unspecified atom stereocenters. The number of carbonyl (C=O) groups is 2. The van der Waals surface area contributed by atoms with Crippen LogP contribution < -0.4 is 4.74 Å². The summed E-state index contributed by atoms with van der Waals surface area (Å²) in [5.74, 6) is 0.177. The van der Waals surface area contributed by atoms with Gasteiger partial charge in [0.1, 0.15) is 19.0 Å². The van der Waals surface area contributed by atoms with Crippen molar-refractivity contribution in [1.82, 2.24) is 0 Å². The fourth-order valence-electron chi connectivity index (χ4n) is 2.03. The second-order valence-electron chi connectivity index (χ2n) is 6.00. The van der Waals surface area contributed by atoms with E-state index in [-0.39, 0.29) is 37.0 Å². The van der Waals surface area contributed by atoms with Crippen LogP contribution in [0, 0.1) is 11.8 Å². The Balaban J connectivity index is 1.50. The molecule has 0 radical (unpaired) electrons. The number of ether oxygens (including phenoxy) is 3. The first-order valence-corrected chi connectivity index (χ1v) is 8.25. The van der Waals surface area contributed by atoms with E-state index in [0.717, 1.165) is 25.7 Å². The van der Waals surface area contributed by atoms with Crippen molar-refractivity contribution in [2.24, 2.45) is 11.8 Å². The number of esters is 2. The zero-order chi connectivity index (χ0) is 16.2. The molecule has 2 aliphatic rings. The molecule has 0 amide bonds. The van der Waals surface area contributed by atoms with Crippen LogP contribution in [0.3, 0.4) is 0 Å². The van der Waals surface area contributed by atoms with Gasteiger partial charge >= 0.3 is 11.9 Å². The number of hydrogen-bond acceptors (Lipinski definition) is 5. The normalized spacial score (nSPS) is 18.1. The molecule has 0 spiro atoms. The van der Waals surface area contributed by atoms with Crippen LogP contribution in [0.2, 0.25) is 5.02 Å². The summed E-state index contributed by atoms with van der Waals surface area (Å²) < 4.78 is 16.2. The first kappa shape index (κ1) is 16.1. The molecule has 124 valence electrons. The standard InChI is InChI=1S/C17H19ClO5/c18-13-5-7-14(8-6-13)21-9-15(23-17(20)12-3-4-12)10-22-16(19)11-1-2-11/h5-8,11-12,15H,1-4,9-10H2/t15-/m0/s1. The predicted molar refractivity (Wildman–Crippen MR) is 83.2 cm³/mol. The molecule has 0 bridgehead atoms. The van der Waals surface area contributed by atoms with Gasteiger partial charge in [0.05, 0.1) is 11.8 Å². The number of carbonyl (C=O) groups excluding carboxylic acids is 2. The maximum atomic E-state index is 11.8. The fraction of sp³-hybridized carbons (Fsp3) is 0.529. The Hall–Kier alpha value is -1.75. The monoisotopic (exact) mass is 338 g/mol. The Kier molecular flexibility index (Phi) is 5.06. The van der Waals surface area contributed by atoms with Crippen molar-refractivity contribution in [3.05, 3.63) is 29.3 Å². The molecular formula is C17H19ClO5. The van der Waals surface area contributed by atoms with Crippen LogP contribution in [0.5, 0.6) is 5.75 Å². The second kappa shape index (κ2) is 7.21. The van der Waals surface area contributed by atoms with Crippen LogP contribution in [-0.4, -0.2) is 31.3 Å². The first-order chi connectivity index (χ1) is 11.1. The average Bonchev–Trinajstić information content (AvgIpc) is 3.41. The quantitative estimate of drug-likeness (QED) is 0.682. The number of halogens is 1. The van der Waals surface area contributed by atoms with Crippen LogP contribution in [0.1, 0.15) is 25.7 Å². The molecule has 1 atom stereocenters. The van der Waals surface area contributed by atoms with E-state index in [1.165, 1.54) is 0 Å². The van der Waals surface area contributed by atoms with Crippen molar-refractivity contribution in [3.63, 3.8) is 0 Å². The third-order valence-electron chi connectivity index (χ3n) is 3.77. The van der Waals surface area contributed by atoms with Crippen LogP contribution in [0.15, 0.2) is 24.3 Å². The largest absolute Gasteiger partial charge is 0.490 e. The Morgan fingerprint density at radius 1 is 1.00 bits per heavy atom. The molecule has 3 rings (SSSR count). The summed E-state index contributed by atoms with van der Waals surface area (Å²) in [6.45, 7) is 0.166. The van der Waals surface area contributed by atoms with E-state index in [9.17, 15) is 9.59 Å². The van der Waals surface area contributed by atoms with Gasteiger partial charge in [-0.1, -0.05) is 11.6 Å². The van der Waals surface area contributed by atoms with Crippen LogP contribution >= 0.6 is 11.6 Å². The Morgan fingerprint density at radius 3 is 2.22 bits per heavy atom. The molecule has 6 heteroatoms. The van der Waals surface area contributed by atoms with Gasteiger partial charge in [-0.05, 0) is 49.9 Å². The van der Waals surface area contributed by atoms with E-state index >= 15 is 0 Å². The van der Waals surface area contributed by atoms with Gasteiger partial charge < -0.3 is 14.2 Å². The highest BCUT2D eigenvalue weighted by Gasteiger charge is 2.35. The summed E-state index contributed by atoms with van der Waals surface area (Å²) in [5.41, 5.74) is 0. The lowest BCUT2D eigenvalue weighted by molar-refractivity contribution is -0.162. The smallest absolute Gasteiger partial charge is 0.309 e. The third-order valence-corrected chi connectivity index (χ3v) is 4.02. The highest BCUT2D eigenvalue weighted by Crippen LogP contribution is 2.31. The van der Waals surface area contributed by atoms with Gasteiger partial charge in [0.2, 0.25) is 0 Å². The summed E-state index contributed by atoms with van der Waals surface area (Å²) in [5, 5.41) is 0.618. The van der Waals surface area contributed by atoms with E-state index in [0.29, 0.717) is 10.8 Å². The van der Waals surface area contributed by atoms with Crippen LogP contribution in [0.4, 0.5) is 0 Å². The zero-order valence-corrected chi connectivity index (χ0v) is 13.5.